The highest BCUT2D eigenvalue weighted by Gasteiger charge is 2.28. The van der Waals surface area contributed by atoms with Gasteiger partial charge in [0.1, 0.15) is 12.3 Å². The van der Waals surface area contributed by atoms with Crippen LogP contribution in [0.25, 0.3) is 0 Å². The number of pyridine rings is 1. The average Bonchev–Trinajstić information content (AvgIpc) is 2.66. The number of carbonyl (C=O) groups is 1. The number of aromatic nitrogens is 1. The number of hydrogen-bond donors (Lipinski definition) is 2. The lowest BCUT2D eigenvalue weighted by atomic mass is 9.86. The Morgan fingerprint density at radius 1 is 1.30 bits per heavy atom. The number of phenolic OH excluding ortho intramolecular Hbond substituents is 1. The first kappa shape index (κ1) is 19.0. The molecule has 0 bridgehead atoms. The molecule has 1 unspecified atom stereocenters. The monoisotopic (exact) mass is 370 g/mol. The fourth-order valence-corrected chi connectivity index (χ4v) is 3.86. The normalized spacial score (nSPS) is 16.0. The van der Waals surface area contributed by atoms with Crippen LogP contribution in [0.5, 0.6) is 11.5 Å². The van der Waals surface area contributed by atoms with E-state index in [0.29, 0.717) is 18.0 Å². The van der Waals surface area contributed by atoms with E-state index in [1.54, 1.807) is 23.8 Å². The van der Waals surface area contributed by atoms with Gasteiger partial charge in [0, 0.05) is 24.8 Å². The van der Waals surface area contributed by atoms with Crippen molar-refractivity contribution in [2.24, 2.45) is 0 Å². The molecule has 2 aromatic rings. The van der Waals surface area contributed by atoms with Gasteiger partial charge in [0.15, 0.2) is 5.75 Å². The van der Waals surface area contributed by atoms with Crippen molar-refractivity contribution in [3.8, 4) is 11.5 Å². The van der Waals surface area contributed by atoms with Crippen molar-refractivity contribution in [3.63, 3.8) is 0 Å². The summed E-state index contributed by atoms with van der Waals surface area (Å²) < 4.78 is 1.62. The zero-order valence-electron chi connectivity index (χ0n) is 15.8. The quantitative estimate of drug-likeness (QED) is 0.846. The summed E-state index contributed by atoms with van der Waals surface area (Å²) in [4.78, 5) is 26.5. The van der Waals surface area contributed by atoms with Crippen molar-refractivity contribution in [3.05, 3.63) is 57.5 Å². The van der Waals surface area contributed by atoms with Gasteiger partial charge in [-0.3, -0.25) is 9.59 Å². The van der Waals surface area contributed by atoms with Crippen molar-refractivity contribution in [2.45, 2.75) is 52.1 Å². The summed E-state index contributed by atoms with van der Waals surface area (Å²) in [6.45, 7) is 4.42. The van der Waals surface area contributed by atoms with E-state index < -0.39 is 5.43 Å². The maximum Gasteiger partial charge on any atom is 0.242 e. The lowest BCUT2D eigenvalue weighted by Crippen LogP contribution is -2.45. The van der Waals surface area contributed by atoms with E-state index in [0.717, 1.165) is 36.8 Å². The lowest BCUT2D eigenvalue weighted by molar-refractivity contribution is -0.134. The molecule has 144 valence electrons. The Balaban J connectivity index is 1.80. The molecule has 27 heavy (non-hydrogen) atoms. The molecule has 2 N–H and O–H groups in total. The molecule has 3 rings (SSSR count). The first-order chi connectivity index (χ1) is 12.9. The molecular formula is C21H26N2O4. The summed E-state index contributed by atoms with van der Waals surface area (Å²) in [5.41, 5.74) is 2.03. The maximum atomic E-state index is 13.0. The average molecular weight is 370 g/mol. The maximum absolute atomic E-state index is 13.0. The SMILES string of the molecule is CCCN(C(=O)Cn1ccc(=O)c(O)c1C)C1CCc2c(O)cccc2C1. The van der Waals surface area contributed by atoms with E-state index in [9.17, 15) is 19.8 Å². The predicted molar refractivity (Wildman–Crippen MR) is 103 cm³/mol. The number of carbonyl (C=O) groups excluding carboxylic acids is 1. The number of hydrogen-bond acceptors (Lipinski definition) is 4. The van der Waals surface area contributed by atoms with Crippen LogP contribution in [0, 0.1) is 6.92 Å². The zero-order valence-corrected chi connectivity index (χ0v) is 15.8. The summed E-state index contributed by atoms with van der Waals surface area (Å²) in [5, 5.41) is 19.9. The molecule has 1 aliphatic carbocycles. The Labute approximate surface area is 158 Å². The van der Waals surface area contributed by atoms with Gasteiger partial charge in [0.2, 0.25) is 11.3 Å². The number of aromatic hydroxyl groups is 2. The molecule has 1 atom stereocenters. The molecule has 0 aliphatic heterocycles. The van der Waals surface area contributed by atoms with Gasteiger partial charge in [-0.25, -0.2) is 0 Å². The molecule has 1 amide bonds. The molecule has 1 heterocycles. The third-order valence-corrected chi connectivity index (χ3v) is 5.38. The first-order valence-corrected chi connectivity index (χ1v) is 9.40. The minimum absolute atomic E-state index is 0.0309. The second-order valence-electron chi connectivity index (χ2n) is 7.14. The van der Waals surface area contributed by atoms with Gasteiger partial charge in [-0.2, -0.15) is 0 Å². The fourth-order valence-electron chi connectivity index (χ4n) is 3.86. The molecule has 0 saturated carbocycles. The summed E-state index contributed by atoms with van der Waals surface area (Å²) in [6, 6.07) is 6.92. The van der Waals surface area contributed by atoms with E-state index in [1.807, 2.05) is 24.0 Å². The third kappa shape index (κ3) is 3.84. The van der Waals surface area contributed by atoms with Gasteiger partial charge in [0.05, 0.1) is 5.69 Å². The second-order valence-corrected chi connectivity index (χ2v) is 7.14. The highest BCUT2D eigenvalue weighted by Crippen LogP contribution is 2.31. The first-order valence-electron chi connectivity index (χ1n) is 9.40. The third-order valence-electron chi connectivity index (χ3n) is 5.38. The van der Waals surface area contributed by atoms with Gasteiger partial charge < -0.3 is 19.7 Å². The van der Waals surface area contributed by atoms with Crippen molar-refractivity contribution < 1.29 is 15.0 Å². The number of benzene rings is 1. The van der Waals surface area contributed by atoms with Crippen LogP contribution < -0.4 is 5.43 Å². The van der Waals surface area contributed by atoms with Gasteiger partial charge in [-0.05, 0) is 49.8 Å². The Hall–Kier alpha value is -2.76. The lowest BCUT2D eigenvalue weighted by Gasteiger charge is -2.35. The molecule has 0 saturated heterocycles. The highest BCUT2D eigenvalue weighted by molar-refractivity contribution is 5.76. The van der Waals surface area contributed by atoms with Gasteiger partial charge in [0.25, 0.3) is 0 Å². The summed E-state index contributed by atoms with van der Waals surface area (Å²) in [7, 11) is 0. The van der Waals surface area contributed by atoms with E-state index in [2.05, 4.69) is 0 Å². The van der Waals surface area contributed by atoms with E-state index >= 15 is 0 Å². The minimum Gasteiger partial charge on any atom is -0.508 e. The molecule has 1 aromatic heterocycles. The van der Waals surface area contributed by atoms with Crippen LogP contribution in [-0.2, 0) is 24.2 Å². The standard InChI is InChI=1S/C21H26N2O4/c1-3-10-23(16-7-8-17-15(12-16)5-4-6-18(17)24)20(26)13-22-11-9-19(25)21(27)14(22)2/h4-6,9,11,16,24,27H,3,7-8,10,12-13H2,1-2H3. The molecule has 0 spiro atoms. The van der Waals surface area contributed by atoms with Crippen LogP contribution in [0.1, 0.15) is 36.6 Å². The Morgan fingerprint density at radius 3 is 2.81 bits per heavy atom. The number of phenols is 1. The van der Waals surface area contributed by atoms with Crippen molar-refractivity contribution in [1.29, 1.82) is 0 Å². The molecular weight excluding hydrogens is 344 g/mol. The van der Waals surface area contributed by atoms with Crippen LogP contribution in [0.15, 0.2) is 35.3 Å². The molecule has 1 aliphatic rings. The smallest absolute Gasteiger partial charge is 0.242 e. The number of rotatable bonds is 5. The van der Waals surface area contributed by atoms with Crippen LogP contribution in [0.3, 0.4) is 0 Å². The van der Waals surface area contributed by atoms with Crippen molar-refractivity contribution >= 4 is 5.91 Å². The molecule has 6 nitrogen and oxygen atoms in total. The second kappa shape index (κ2) is 7.86. The van der Waals surface area contributed by atoms with Crippen LogP contribution in [0.2, 0.25) is 0 Å². The van der Waals surface area contributed by atoms with Gasteiger partial charge in [-0.1, -0.05) is 19.1 Å². The van der Waals surface area contributed by atoms with E-state index in [1.165, 1.54) is 6.07 Å². The molecule has 6 heteroatoms. The number of nitrogens with zero attached hydrogens (tertiary/aromatic N) is 2. The number of amides is 1. The minimum atomic E-state index is -0.440. The van der Waals surface area contributed by atoms with Crippen LogP contribution in [0.4, 0.5) is 0 Å². The van der Waals surface area contributed by atoms with Crippen molar-refractivity contribution in [2.75, 3.05) is 6.54 Å². The fraction of sp³-hybridized carbons (Fsp3) is 0.429. The molecule has 0 fully saturated rings. The zero-order chi connectivity index (χ0) is 19.6. The van der Waals surface area contributed by atoms with E-state index in [-0.39, 0.29) is 24.2 Å². The highest BCUT2D eigenvalue weighted by atomic mass is 16.3. The Morgan fingerprint density at radius 2 is 2.07 bits per heavy atom. The molecule has 1 aromatic carbocycles. The Bertz CT molecular complexity index is 904. The summed E-state index contributed by atoms with van der Waals surface area (Å²) in [5.74, 6) is -0.00955. The van der Waals surface area contributed by atoms with Gasteiger partial charge in [-0.15, -0.1) is 0 Å². The summed E-state index contributed by atoms with van der Waals surface area (Å²) in [6.07, 6.45) is 4.68. The van der Waals surface area contributed by atoms with Crippen molar-refractivity contribution in [1.82, 2.24) is 9.47 Å². The van der Waals surface area contributed by atoms with E-state index in [4.69, 9.17) is 0 Å². The largest absolute Gasteiger partial charge is 0.508 e. The Kier molecular flexibility index (Phi) is 5.54. The van der Waals surface area contributed by atoms with Crippen LogP contribution >= 0.6 is 0 Å². The molecule has 0 radical (unpaired) electrons. The van der Waals surface area contributed by atoms with Crippen LogP contribution in [-0.4, -0.2) is 38.2 Å². The number of fused-ring (bicyclic) bond motifs is 1. The topological polar surface area (TPSA) is 82.8 Å². The predicted octanol–water partition coefficient (Wildman–Crippen LogP) is 2.36. The van der Waals surface area contributed by atoms with Gasteiger partial charge >= 0.3 is 0 Å². The summed E-state index contributed by atoms with van der Waals surface area (Å²) >= 11 is 0.